The molecular formula is C10H5BrFN3S. The number of hydrogen-bond acceptors (Lipinski definition) is 3. The van der Waals surface area contributed by atoms with Crippen LogP contribution in [0.15, 0.2) is 34.4 Å². The van der Waals surface area contributed by atoms with Crippen LogP contribution in [0.1, 0.15) is 0 Å². The van der Waals surface area contributed by atoms with Crippen molar-refractivity contribution < 1.29 is 4.39 Å². The SMILES string of the molecule is Fc1ccc(-c2cn3nc(Br)sc3n2)cc1. The van der Waals surface area contributed by atoms with Gasteiger partial charge >= 0.3 is 0 Å². The number of aromatic nitrogens is 3. The maximum Gasteiger partial charge on any atom is 0.213 e. The number of hydrogen-bond donors (Lipinski definition) is 0. The molecule has 0 fully saturated rings. The van der Waals surface area contributed by atoms with E-state index in [0.29, 0.717) is 0 Å². The minimum absolute atomic E-state index is 0.245. The number of halogens is 2. The minimum Gasteiger partial charge on any atom is -0.217 e. The summed E-state index contributed by atoms with van der Waals surface area (Å²) in [6.07, 6.45) is 1.82. The number of imidazole rings is 1. The molecule has 3 nitrogen and oxygen atoms in total. The third kappa shape index (κ3) is 1.64. The van der Waals surface area contributed by atoms with Gasteiger partial charge in [-0.15, -0.1) is 5.10 Å². The van der Waals surface area contributed by atoms with Gasteiger partial charge in [-0.05, 0) is 40.2 Å². The average Bonchev–Trinajstić information content (AvgIpc) is 2.75. The van der Waals surface area contributed by atoms with E-state index in [9.17, 15) is 4.39 Å². The Hall–Kier alpha value is -1.27. The maximum absolute atomic E-state index is 12.8. The van der Waals surface area contributed by atoms with Crippen LogP contribution in [-0.4, -0.2) is 14.6 Å². The summed E-state index contributed by atoms with van der Waals surface area (Å²) < 4.78 is 15.3. The van der Waals surface area contributed by atoms with E-state index in [-0.39, 0.29) is 5.82 Å². The van der Waals surface area contributed by atoms with Crippen molar-refractivity contribution in [2.45, 2.75) is 0 Å². The zero-order valence-corrected chi connectivity index (χ0v) is 10.3. The molecule has 2 aromatic heterocycles. The van der Waals surface area contributed by atoms with Gasteiger partial charge in [-0.25, -0.2) is 13.9 Å². The van der Waals surface area contributed by atoms with E-state index >= 15 is 0 Å². The van der Waals surface area contributed by atoms with E-state index in [0.717, 1.165) is 20.1 Å². The summed E-state index contributed by atoms with van der Waals surface area (Å²) in [6, 6.07) is 6.26. The standard InChI is InChI=1S/C10H5BrFN3S/c11-9-14-15-5-8(13-10(15)16-9)6-1-3-7(12)4-2-6/h1-5H. The summed E-state index contributed by atoms with van der Waals surface area (Å²) >= 11 is 4.75. The van der Waals surface area contributed by atoms with E-state index in [1.165, 1.54) is 23.5 Å². The van der Waals surface area contributed by atoms with Crippen LogP contribution in [0.5, 0.6) is 0 Å². The Labute approximate surface area is 103 Å². The fourth-order valence-electron chi connectivity index (χ4n) is 1.44. The molecule has 2 heterocycles. The van der Waals surface area contributed by atoms with Gasteiger partial charge in [0.1, 0.15) is 5.82 Å². The molecule has 0 aliphatic heterocycles. The lowest BCUT2D eigenvalue weighted by Gasteiger charge is -1.94. The first-order chi connectivity index (χ1) is 7.72. The highest BCUT2D eigenvalue weighted by Gasteiger charge is 2.07. The van der Waals surface area contributed by atoms with Crippen molar-refractivity contribution in [2.24, 2.45) is 0 Å². The maximum atomic E-state index is 12.8. The molecule has 0 saturated carbocycles. The number of benzene rings is 1. The second-order valence-electron chi connectivity index (χ2n) is 3.22. The Morgan fingerprint density at radius 3 is 2.69 bits per heavy atom. The Morgan fingerprint density at radius 2 is 2.00 bits per heavy atom. The minimum atomic E-state index is -0.245. The monoisotopic (exact) mass is 297 g/mol. The molecular weight excluding hydrogens is 293 g/mol. The van der Waals surface area contributed by atoms with Gasteiger partial charge in [0.25, 0.3) is 0 Å². The Kier molecular flexibility index (Phi) is 2.26. The van der Waals surface area contributed by atoms with Gasteiger partial charge in [-0.3, -0.25) is 0 Å². The molecule has 0 radical (unpaired) electrons. The van der Waals surface area contributed by atoms with E-state index in [1.807, 2.05) is 6.20 Å². The highest BCUT2D eigenvalue weighted by molar-refractivity contribution is 9.11. The molecule has 3 aromatic rings. The van der Waals surface area contributed by atoms with E-state index in [2.05, 4.69) is 26.0 Å². The largest absolute Gasteiger partial charge is 0.217 e. The van der Waals surface area contributed by atoms with E-state index in [1.54, 1.807) is 16.6 Å². The van der Waals surface area contributed by atoms with Gasteiger partial charge in [-0.1, -0.05) is 11.3 Å². The molecule has 0 aliphatic rings. The summed E-state index contributed by atoms with van der Waals surface area (Å²) in [5.74, 6) is -0.245. The summed E-state index contributed by atoms with van der Waals surface area (Å²) in [5, 5.41) is 4.19. The molecule has 1 aromatic carbocycles. The normalized spacial score (nSPS) is 11.1. The number of nitrogens with zero attached hydrogens (tertiary/aromatic N) is 3. The van der Waals surface area contributed by atoms with Gasteiger partial charge in [-0.2, -0.15) is 0 Å². The summed E-state index contributed by atoms with van der Waals surface area (Å²) in [4.78, 5) is 5.21. The van der Waals surface area contributed by atoms with Gasteiger partial charge in [0, 0.05) is 5.56 Å². The molecule has 16 heavy (non-hydrogen) atoms. The van der Waals surface area contributed by atoms with Crippen LogP contribution < -0.4 is 0 Å². The van der Waals surface area contributed by atoms with Crippen molar-refractivity contribution in [3.63, 3.8) is 0 Å². The number of fused-ring (bicyclic) bond motifs is 1. The molecule has 6 heteroatoms. The third-order valence-electron chi connectivity index (χ3n) is 2.16. The predicted molar refractivity (Wildman–Crippen MR) is 64.0 cm³/mol. The Balaban J connectivity index is 2.11. The fraction of sp³-hybridized carbons (Fsp3) is 0. The lowest BCUT2D eigenvalue weighted by atomic mass is 10.2. The summed E-state index contributed by atoms with van der Waals surface area (Å²) in [5.41, 5.74) is 1.68. The van der Waals surface area contributed by atoms with E-state index < -0.39 is 0 Å². The van der Waals surface area contributed by atoms with Crippen molar-refractivity contribution >= 4 is 32.2 Å². The van der Waals surface area contributed by atoms with Gasteiger partial charge in [0.05, 0.1) is 11.9 Å². The first-order valence-corrected chi connectivity index (χ1v) is 6.11. The zero-order chi connectivity index (χ0) is 11.1. The molecule has 0 spiro atoms. The number of rotatable bonds is 1. The molecule has 0 atom stereocenters. The van der Waals surface area contributed by atoms with Crippen molar-refractivity contribution in [1.29, 1.82) is 0 Å². The van der Waals surface area contributed by atoms with Crippen molar-refractivity contribution in [1.82, 2.24) is 14.6 Å². The van der Waals surface area contributed by atoms with Crippen LogP contribution in [-0.2, 0) is 0 Å². The first-order valence-electron chi connectivity index (χ1n) is 4.50. The lowest BCUT2D eigenvalue weighted by Crippen LogP contribution is -1.79. The van der Waals surface area contributed by atoms with Crippen LogP contribution >= 0.6 is 27.3 Å². The van der Waals surface area contributed by atoms with Gasteiger partial charge < -0.3 is 0 Å². The zero-order valence-electron chi connectivity index (χ0n) is 7.89. The van der Waals surface area contributed by atoms with Crippen LogP contribution in [0.4, 0.5) is 4.39 Å². The molecule has 0 amide bonds. The van der Waals surface area contributed by atoms with Crippen LogP contribution in [0, 0.1) is 5.82 Å². The van der Waals surface area contributed by atoms with Crippen molar-refractivity contribution in [3.8, 4) is 11.3 Å². The summed E-state index contributed by atoms with van der Waals surface area (Å²) in [6.45, 7) is 0. The third-order valence-corrected chi connectivity index (χ3v) is 3.51. The molecule has 0 bridgehead atoms. The second kappa shape index (κ2) is 3.64. The second-order valence-corrected chi connectivity index (χ2v) is 5.45. The first kappa shape index (κ1) is 9.92. The quantitative estimate of drug-likeness (QED) is 0.689. The van der Waals surface area contributed by atoms with Crippen molar-refractivity contribution in [3.05, 3.63) is 40.2 Å². The van der Waals surface area contributed by atoms with Gasteiger partial charge in [0.15, 0.2) is 3.92 Å². The Morgan fingerprint density at radius 1 is 1.25 bits per heavy atom. The van der Waals surface area contributed by atoms with E-state index in [4.69, 9.17) is 0 Å². The van der Waals surface area contributed by atoms with Gasteiger partial charge in [0.2, 0.25) is 4.96 Å². The molecule has 0 aliphatic carbocycles. The predicted octanol–water partition coefficient (Wildman–Crippen LogP) is 3.36. The molecule has 0 saturated heterocycles. The molecule has 0 N–H and O–H groups in total. The highest BCUT2D eigenvalue weighted by Crippen LogP contribution is 2.24. The molecule has 0 unspecified atom stereocenters. The molecule has 3 rings (SSSR count). The lowest BCUT2D eigenvalue weighted by molar-refractivity contribution is 0.628. The Bertz CT molecular complexity index is 612. The average molecular weight is 298 g/mol. The summed E-state index contributed by atoms with van der Waals surface area (Å²) in [7, 11) is 0. The highest BCUT2D eigenvalue weighted by atomic mass is 79.9. The fourth-order valence-corrected chi connectivity index (χ4v) is 2.65. The molecule has 80 valence electrons. The topological polar surface area (TPSA) is 30.2 Å². The van der Waals surface area contributed by atoms with Crippen LogP contribution in [0.25, 0.3) is 16.2 Å². The van der Waals surface area contributed by atoms with Crippen molar-refractivity contribution in [2.75, 3.05) is 0 Å². The smallest absolute Gasteiger partial charge is 0.213 e. The van der Waals surface area contributed by atoms with Crippen LogP contribution in [0.3, 0.4) is 0 Å². The van der Waals surface area contributed by atoms with Crippen LogP contribution in [0.2, 0.25) is 0 Å².